The van der Waals surface area contributed by atoms with Gasteiger partial charge in [-0.2, -0.15) is 0 Å². The summed E-state index contributed by atoms with van der Waals surface area (Å²) in [6.07, 6.45) is 0.576. The van der Waals surface area contributed by atoms with Gasteiger partial charge in [0.2, 0.25) is 0 Å². The largest absolute Gasteiger partial charge is 0.269 e. The number of nitrogens with zero attached hydrogens (tertiary/aromatic N) is 1. The van der Waals surface area contributed by atoms with Crippen molar-refractivity contribution in [2.75, 3.05) is 0 Å². The van der Waals surface area contributed by atoms with E-state index in [9.17, 15) is 10.1 Å². The highest BCUT2D eigenvalue weighted by atomic mass is 79.9. The van der Waals surface area contributed by atoms with Gasteiger partial charge in [-0.05, 0) is 35.7 Å². The Morgan fingerprint density at radius 2 is 1.85 bits per heavy atom. The number of nitro benzene ring substituents is 1. The summed E-state index contributed by atoms with van der Waals surface area (Å²) in [5, 5.41) is 11.0. The molecule has 0 heterocycles. The first-order valence-corrected chi connectivity index (χ1v) is 7.40. The molecule has 0 aliphatic rings. The molecular weight excluding hydrogens is 365 g/mol. The summed E-state index contributed by atoms with van der Waals surface area (Å²) < 4.78 is 0.870. The number of benzene rings is 2. The Hall–Kier alpha value is -1.10. The number of hydrogen-bond acceptors (Lipinski definition) is 2. The zero-order valence-electron chi connectivity index (χ0n) is 10.2. The molecule has 6 heteroatoms. The molecular formula is C14H10BrCl2NO2. The third-order valence-corrected chi connectivity index (χ3v) is 3.89. The van der Waals surface area contributed by atoms with Gasteiger partial charge in [-0.25, -0.2) is 0 Å². The van der Waals surface area contributed by atoms with E-state index in [1.54, 1.807) is 18.2 Å². The van der Waals surface area contributed by atoms with Crippen LogP contribution in [-0.4, -0.2) is 4.92 Å². The van der Waals surface area contributed by atoms with Crippen LogP contribution in [0.2, 0.25) is 5.02 Å². The van der Waals surface area contributed by atoms with Crippen molar-refractivity contribution in [3.8, 4) is 0 Å². The minimum absolute atomic E-state index is 0.0744. The first-order chi connectivity index (χ1) is 9.45. The van der Waals surface area contributed by atoms with Crippen LogP contribution in [0.15, 0.2) is 46.9 Å². The Morgan fingerprint density at radius 1 is 1.20 bits per heavy atom. The van der Waals surface area contributed by atoms with Crippen LogP contribution >= 0.6 is 39.1 Å². The van der Waals surface area contributed by atoms with E-state index in [4.69, 9.17) is 23.2 Å². The molecule has 0 radical (unpaired) electrons. The van der Waals surface area contributed by atoms with Gasteiger partial charge >= 0.3 is 0 Å². The molecule has 0 fully saturated rings. The maximum absolute atomic E-state index is 10.6. The van der Waals surface area contributed by atoms with Crippen molar-refractivity contribution in [3.05, 3.63) is 73.2 Å². The monoisotopic (exact) mass is 373 g/mol. The Labute approximate surface area is 134 Å². The lowest BCUT2D eigenvalue weighted by molar-refractivity contribution is -0.384. The van der Waals surface area contributed by atoms with E-state index in [2.05, 4.69) is 15.9 Å². The van der Waals surface area contributed by atoms with E-state index in [0.29, 0.717) is 11.4 Å². The van der Waals surface area contributed by atoms with E-state index in [1.807, 2.05) is 12.1 Å². The first-order valence-electron chi connectivity index (χ1n) is 5.79. The van der Waals surface area contributed by atoms with Crippen molar-refractivity contribution in [1.29, 1.82) is 0 Å². The van der Waals surface area contributed by atoms with Crippen molar-refractivity contribution in [1.82, 2.24) is 0 Å². The average Bonchev–Trinajstić information content (AvgIpc) is 2.38. The molecule has 1 unspecified atom stereocenters. The molecule has 2 aromatic carbocycles. The minimum Gasteiger partial charge on any atom is -0.258 e. The maximum Gasteiger partial charge on any atom is 0.269 e. The molecule has 1 atom stereocenters. The number of hydrogen-bond donors (Lipinski definition) is 0. The van der Waals surface area contributed by atoms with Crippen LogP contribution in [0.3, 0.4) is 0 Å². The van der Waals surface area contributed by atoms with Crippen LogP contribution in [0.4, 0.5) is 5.69 Å². The average molecular weight is 375 g/mol. The predicted octanol–water partition coefficient (Wildman–Crippen LogP) is 5.53. The Balaban J connectivity index is 2.14. The summed E-state index contributed by atoms with van der Waals surface area (Å²) >= 11 is 15.7. The lowest BCUT2D eigenvalue weighted by Gasteiger charge is -2.11. The molecule has 0 spiro atoms. The summed E-state index contributed by atoms with van der Waals surface area (Å²) in [6, 6.07) is 11.9. The fraction of sp³-hybridized carbons (Fsp3) is 0.143. The topological polar surface area (TPSA) is 43.1 Å². The summed E-state index contributed by atoms with van der Waals surface area (Å²) in [5.74, 6) is 0. The second-order valence-electron chi connectivity index (χ2n) is 4.30. The van der Waals surface area contributed by atoms with Crippen molar-refractivity contribution < 1.29 is 4.92 Å². The lowest BCUT2D eigenvalue weighted by Crippen LogP contribution is -1.97. The molecule has 0 aliphatic carbocycles. The fourth-order valence-electron chi connectivity index (χ4n) is 1.83. The molecule has 0 aliphatic heterocycles. The Bertz CT molecular complexity index is 611. The van der Waals surface area contributed by atoms with Crippen molar-refractivity contribution in [2.24, 2.45) is 0 Å². The van der Waals surface area contributed by atoms with Gasteiger partial charge in [-0.3, -0.25) is 10.1 Å². The fourth-order valence-corrected chi connectivity index (χ4v) is 3.02. The van der Waals surface area contributed by atoms with Crippen LogP contribution in [-0.2, 0) is 6.42 Å². The van der Waals surface area contributed by atoms with Gasteiger partial charge in [0.1, 0.15) is 0 Å². The molecule has 0 saturated heterocycles. The van der Waals surface area contributed by atoms with Gasteiger partial charge in [0.25, 0.3) is 5.69 Å². The number of non-ortho nitro benzene ring substituents is 1. The van der Waals surface area contributed by atoms with Crippen LogP contribution in [0.5, 0.6) is 0 Å². The number of rotatable bonds is 4. The van der Waals surface area contributed by atoms with E-state index in [0.717, 1.165) is 15.6 Å². The molecule has 0 saturated carbocycles. The highest BCUT2D eigenvalue weighted by molar-refractivity contribution is 9.10. The molecule has 0 N–H and O–H groups in total. The van der Waals surface area contributed by atoms with Crippen molar-refractivity contribution in [3.63, 3.8) is 0 Å². The zero-order valence-corrected chi connectivity index (χ0v) is 13.3. The smallest absolute Gasteiger partial charge is 0.258 e. The van der Waals surface area contributed by atoms with Crippen LogP contribution in [0.25, 0.3) is 0 Å². The first kappa shape index (κ1) is 15.3. The van der Waals surface area contributed by atoms with E-state index in [1.165, 1.54) is 12.1 Å². The summed E-state index contributed by atoms with van der Waals surface area (Å²) in [4.78, 5) is 10.2. The van der Waals surface area contributed by atoms with Crippen LogP contribution < -0.4 is 0 Å². The second-order valence-corrected chi connectivity index (χ2v) is 6.18. The van der Waals surface area contributed by atoms with Gasteiger partial charge in [0.05, 0.1) is 10.3 Å². The van der Waals surface area contributed by atoms with Crippen molar-refractivity contribution in [2.45, 2.75) is 11.8 Å². The predicted molar refractivity (Wildman–Crippen MR) is 84.5 cm³/mol. The van der Waals surface area contributed by atoms with E-state index >= 15 is 0 Å². The normalized spacial score (nSPS) is 12.2. The highest BCUT2D eigenvalue weighted by Crippen LogP contribution is 2.30. The highest BCUT2D eigenvalue weighted by Gasteiger charge is 2.12. The Morgan fingerprint density at radius 3 is 2.40 bits per heavy atom. The van der Waals surface area contributed by atoms with Crippen LogP contribution in [0, 0.1) is 10.1 Å². The lowest BCUT2D eigenvalue weighted by atomic mass is 10.0. The van der Waals surface area contributed by atoms with Gasteiger partial charge in [0.15, 0.2) is 0 Å². The molecule has 2 aromatic rings. The molecule has 0 aromatic heterocycles. The third-order valence-electron chi connectivity index (χ3n) is 2.81. The van der Waals surface area contributed by atoms with Gasteiger partial charge in [0, 0.05) is 21.6 Å². The number of halogens is 3. The SMILES string of the molecule is O=[N+]([O-])c1ccc(CC(Cl)c2cc(Cl)cc(Br)c2)cc1. The van der Waals surface area contributed by atoms with Gasteiger partial charge in [-0.1, -0.05) is 39.7 Å². The molecule has 0 bridgehead atoms. The molecule has 104 valence electrons. The standard InChI is InChI=1S/C14H10BrCl2NO2/c15-11-6-10(7-12(16)8-11)14(17)5-9-1-3-13(4-2-9)18(19)20/h1-4,6-8,14H,5H2. The van der Waals surface area contributed by atoms with E-state index < -0.39 is 4.92 Å². The second kappa shape index (κ2) is 6.57. The van der Waals surface area contributed by atoms with E-state index in [-0.39, 0.29) is 11.1 Å². The summed E-state index contributed by atoms with van der Waals surface area (Å²) in [6.45, 7) is 0. The number of alkyl halides is 1. The zero-order chi connectivity index (χ0) is 14.7. The minimum atomic E-state index is -0.421. The molecule has 20 heavy (non-hydrogen) atoms. The molecule has 2 rings (SSSR count). The third kappa shape index (κ3) is 3.95. The number of nitro groups is 1. The van der Waals surface area contributed by atoms with Crippen molar-refractivity contribution >= 4 is 44.8 Å². The van der Waals surface area contributed by atoms with Crippen LogP contribution in [0.1, 0.15) is 16.5 Å². The maximum atomic E-state index is 10.6. The molecule has 0 amide bonds. The van der Waals surface area contributed by atoms with Gasteiger partial charge in [-0.15, -0.1) is 11.6 Å². The van der Waals surface area contributed by atoms with Gasteiger partial charge < -0.3 is 0 Å². The summed E-state index contributed by atoms with van der Waals surface area (Å²) in [7, 11) is 0. The molecule has 3 nitrogen and oxygen atoms in total. The summed E-state index contributed by atoms with van der Waals surface area (Å²) in [5.41, 5.74) is 1.92. The Kier molecular flexibility index (Phi) is 5.02. The quantitative estimate of drug-likeness (QED) is 0.401.